The lowest BCUT2D eigenvalue weighted by Crippen LogP contribution is -2.35. The molecule has 1 amide bonds. The summed E-state index contributed by atoms with van der Waals surface area (Å²) in [5.41, 5.74) is 0. The van der Waals surface area contributed by atoms with E-state index in [0.717, 1.165) is 25.7 Å². The Morgan fingerprint density at radius 3 is 2.48 bits per heavy atom. The maximum Gasteiger partial charge on any atom is 0.320 e. The second kappa shape index (κ2) is 12.4. The van der Waals surface area contributed by atoms with Crippen LogP contribution >= 0.6 is 0 Å². The van der Waals surface area contributed by atoms with Gasteiger partial charge in [-0.25, -0.2) is 0 Å². The van der Waals surface area contributed by atoms with Crippen molar-refractivity contribution in [2.45, 2.75) is 57.9 Å². The number of allylic oxidation sites excluding steroid dienone is 1. The number of hydrogen-bond donors (Lipinski definition) is 2. The quantitative estimate of drug-likeness (QED) is 0.429. The predicted molar refractivity (Wildman–Crippen MR) is 85.3 cm³/mol. The summed E-state index contributed by atoms with van der Waals surface area (Å²) in [5.74, 6) is -0.854. The van der Waals surface area contributed by atoms with Gasteiger partial charge >= 0.3 is 5.97 Å². The summed E-state index contributed by atoms with van der Waals surface area (Å²) in [4.78, 5) is 24.2. The Labute approximate surface area is 128 Å². The largest absolute Gasteiger partial charge is 0.480 e. The predicted octanol–water partition coefficient (Wildman–Crippen LogP) is 2.42. The fourth-order valence-corrected chi connectivity index (χ4v) is 2.04. The molecule has 5 nitrogen and oxygen atoms in total. The molecule has 0 rings (SSSR count). The molecule has 122 valence electrons. The first-order valence-electron chi connectivity index (χ1n) is 7.82. The van der Waals surface area contributed by atoms with Gasteiger partial charge in [-0.3, -0.25) is 14.5 Å². The highest BCUT2D eigenvalue weighted by Gasteiger charge is 2.18. The molecule has 0 heterocycles. The molecule has 21 heavy (non-hydrogen) atoms. The second-order valence-corrected chi connectivity index (χ2v) is 5.50. The minimum atomic E-state index is -0.793. The number of rotatable bonds is 12. The van der Waals surface area contributed by atoms with E-state index in [1.54, 1.807) is 25.1 Å². The van der Waals surface area contributed by atoms with Crippen molar-refractivity contribution in [3.8, 4) is 0 Å². The lowest BCUT2D eigenvalue weighted by Gasteiger charge is -2.19. The van der Waals surface area contributed by atoms with Crippen LogP contribution in [-0.2, 0) is 9.59 Å². The van der Waals surface area contributed by atoms with E-state index in [9.17, 15) is 9.59 Å². The molecule has 0 fully saturated rings. The molecule has 2 N–H and O–H groups in total. The number of carboxylic acid groups (broad SMARTS) is 1. The first kappa shape index (κ1) is 19.6. The summed E-state index contributed by atoms with van der Waals surface area (Å²) >= 11 is 0. The summed E-state index contributed by atoms with van der Waals surface area (Å²) < 4.78 is 0. The Balaban J connectivity index is 3.66. The van der Waals surface area contributed by atoms with E-state index in [4.69, 9.17) is 5.11 Å². The first-order chi connectivity index (χ1) is 9.99. The van der Waals surface area contributed by atoms with Gasteiger partial charge in [-0.1, -0.05) is 25.8 Å². The summed E-state index contributed by atoms with van der Waals surface area (Å²) in [6, 6.07) is -0.445. The average molecular weight is 298 g/mol. The van der Waals surface area contributed by atoms with Gasteiger partial charge in [-0.15, -0.1) is 0 Å². The number of unbranched alkanes of at least 4 members (excludes halogenated alkanes) is 4. The van der Waals surface area contributed by atoms with E-state index in [2.05, 4.69) is 12.2 Å². The zero-order valence-corrected chi connectivity index (χ0v) is 13.6. The third kappa shape index (κ3) is 11.0. The van der Waals surface area contributed by atoms with E-state index in [-0.39, 0.29) is 5.91 Å². The van der Waals surface area contributed by atoms with Gasteiger partial charge in [0, 0.05) is 6.54 Å². The smallest absolute Gasteiger partial charge is 0.320 e. The maximum absolute atomic E-state index is 11.5. The maximum atomic E-state index is 11.5. The van der Waals surface area contributed by atoms with Gasteiger partial charge in [0.25, 0.3) is 0 Å². The van der Waals surface area contributed by atoms with Crippen LogP contribution < -0.4 is 5.32 Å². The minimum absolute atomic E-state index is 0.0612. The highest BCUT2D eigenvalue weighted by molar-refractivity contribution is 5.87. The van der Waals surface area contributed by atoms with E-state index in [1.807, 2.05) is 6.08 Å². The molecule has 1 atom stereocenters. The first-order valence-corrected chi connectivity index (χ1v) is 7.82. The molecular formula is C16H30N2O3. The van der Waals surface area contributed by atoms with Gasteiger partial charge < -0.3 is 10.4 Å². The molecule has 0 spiro atoms. The molecule has 0 aromatic rings. The van der Waals surface area contributed by atoms with Gasteiger partial charge in [0.2, 0.25) is 5.91 Å². The van der Waals surface area contributed by atoms with Crippen LogP contribution in [0.5, 0.6) is 0 Å². The lowest BCUT2D eigenvalue weighted by molar-refractivity contribution is -0.142. The molecule has 0 radical (unpaired) electrons. The Hall–Kier alpha value is -1.36. The molecular weight excluding hydrogens is 268 g/mol. The van der Waals surface area contributed by atoms with Crippen LogP contribution in [-0.4, -0.2) is 48.6 Å². The normalized spacial score (nSPS) is 12.8. The van der Waals surface area contributed by atoms with E-state index < -0.39 is 12.0 Å². The summed E-state index contributed by atoms with van der Waals surface area (Å²) in [6.07, 6.45) is 10.2. The molecule has 0 bridgehead atoms. The molecule has 0 saturated heterocycles. The van der Waals surface area contributed by atoms with Crippen LogP contribution in [0, 0.1) is 0 Å². The van der Waals surface area contributed by atoms with Gasteiger partial charge in [-0.05, 0) is 52.3 Å². The van der Waals surface area contributed by atoms with Crippen molar-refractivity contribution in [2.24, 2.45) is 0 Å². The molecule has 0 saturated carbocycles. The van der Waals surface area contributed by atoms with Crippen LogP contribution in [0.25, 0.3) is 0 Å². The number of aliphatic carboxylic acids is 1. The van der Waals surface area contributed by atoms with Gasteiger partial charge in [0.05, 0.1) is 0 Å². The highest BCUT2D eigenvalue weighted by Crippen LogP contribution is 2.05. The molecule has 0 unspecified atom stereocenters. The monoisotopic (exact) mass is 298 g/mol. The van der Waals surface area contributed by atoms with Gasteiger partial charge in [0.1, 0.15) is 6.04 Å². The standard InChI is InChI=1S/C16H30N2O3/c1-4-5-6-7-8-12-15(19)17-13-10-9-11-14(16(20)21)18(2)3/h8,12,14H,4-7,9-11,13H2,1-3H3,(H,17,19)(H,20,21)/b12-8+/t14-/m0/s1. The Bertz CT molecular complexity index is 327. The molecule has 0 aliphatic heterocycles. The Morgan fingerprint density at radius 2 is 1.90 bits per heavy atom. The zero-order valence-electron chi connectivity index (χ0n) is 13.6. The number of likely N-dealkylation sites (N-methyl/N-ethyl adjacent to an activating group) is 1. The van der Waals surface area contributed by atoms with Crippen molar-refractivity contribution in [2.75, 3.05) is 20.6 Å². The van der Waals surface area contributed by atoms with Crippen molar-refractivity contribution >= 4 is 11.9 Å². The number of carbonyl (C=O) groups excluding carboxylic acids is 1. The number of carbonyl (C=O) groups is 2. The summed E-state index contributed by atoms with van der Waals surface area (Å²) in [7, 11) is 3.54. The molecule has 0 aliphatic rings. The van der Waals surface area contributed by atoms with Crippen molar-refractivity contribution in [3.63, 3.8) is 0 Å². The van der Waals surface area contributed by atoms with Crippen LogP contribution in [0.3, 0.4) is 0 Å². The Morgan fingerprint density at radius 1 is 1.19 bits per heavy atom. The summed E-state index contributed by atoms with van der Waals surface area (Å²) in [5, 5.41) is 11.8. The van der Waals surface area contributed by atoms with Crippen LogP contribution in [0.4, 0.5) is 0 Å². The number of nitrogens with zero attached hydrogens (tertiary/aromatic N) is 1. The highest BCUT2D eigenvalue weighted by atomic mass is 16.4. The minimum Gasteiger partial charge on any atom is -0.480 e. The average Bonchev–Trinajstić information content (AvgIpc) is 2.41. The van der Waals surface area contributed by atoms with Gasteiger partial charge in [-0.2, -0.15) is 0 Å². The number of nitrogens with one attached hydrogen (secondary N) is 1. The third-order valence-corrected chi connectivity index (χ3v) is 3.36. The zero-order chi connectivity index (χ0) is 16.1. The second-order valence-electron chi connectivity index (χ2n) is 5.50. The van der Waals surface area contributed by atoms with E-state index >= 15 is 0 Å². The molecule has 0 aromatic carbocycles. The SMILES string of the molecule is CCCCC/C=C/C(=O)NCCCC[C@@H](C(=O)O)N(C)C. The van der Waals surface area contributed by atoms with Crippen molar-refractivity contribution in [1.29, 1.82) is 0 Å². The van der Waals surface area contributed by atoms with Crippen LogP contribution in [0.15, 0.2) is 12.2 Å². The molecule has 5 heteroatoms. The number of carboxylic acids is 1. The van der Waals surface area contributed by atoms with Crippen molar-refractivity contribution < 1.29 is 14.7 Å². The topological polar surface area (TPSA) is 69.6 Å². The van der Waals surface area contributed by atoms with E-state index in [1.165, 1.54) is 12.8 Å². The Kier molecular flexibility index (Phi) is 11.6. The fourth-order valence-electron chi connectivity index (χ4n) is 2.04. The fraction of sp³-hybridized carbons (Fsp3) is 0.750. The molecule has 0 aliphatic carbocycles. The third-order valence-electron chi connectivity index (χ3n) is 3.36. The van der Waals surface area contributed by atoms with Crippen LogP contribution in [0.1, 0.15) is 51.9 Å². The van der Waals surface area contributed by atoms with Crippen molar-refractivity contribution in [1.82, 2.24) is 10.2 Å². The van der Waals surface area contributed by atoms with Crippen molar-refractivity contribution in [3.05, 3.63) is 12.2 Å². The van der Waals surface area contributed by atoms with Crippen LogP contribution in [0.2, 0.25) is 0 Å². The van der Waals surface area contributed by atoms with Gasteiger partial charge in [0.15, 0.2) is 0 Å². The van der Waals surface area contributed by atoms with E-state index in [0.29, 0.717) is 13.0 Å². The lowest BCUT2D eigenvalue weighted by atomic mass is 10.1. The summed E-state index contributed by atoms with van der Waals surface area (Å²) in [6.45, 7) is 2.75. The molecule has 0 aromatic heterocycles. The number of hydrogen-bond acceptors (Lipinski definition) is 3. The number of amides is 1.